The van der Waals surface area contributed by atoms with Gasteiger partial charge in [-0.05, 0) is 45.7 Å². The van der Waals surface area contributed by atoms with E-state index < -0.39 is 0 Å². The maximum absolute atomic E-state index is 11.0. The summed E-state index contributed by atoms with van der Waals surface area (Å²) >= 11 is 1.88. The van der Waals surface area contributed by atoms with Crippen molar-refractivity contribution in [3.63, 3.8) is 0 Å². The van der Waals surface area contributed by atoms with Crippen molar-refractivity contribution in [3.8, 4) is 11.3 Å². The van der Waals surface area contributed by atoms with Crippen LogP contribution in [0.15, 0.2) is 72.6 Å². The molecular formula is C41H50IrNO2S-. The van der Waals surface area contributed by atoms with Crippen LogP contribution in [0.1, 0.15) is 85.9 Å². The van der Waals surface area contributed by atoms with Crippen molar-refractivity contribution in [1.29, 1.82) is 0 Å². The molecule has 5 rings (SSSR count). The van der Waals surface area contributed by atoms with Crippen molar-refractivity contribution in [1.82, 2.24) is 0 Å². The minimum absolute atomic E-state index is 0. The third-order valence-corrected chi connectivity index (χ3v) is 9.30. The summed E-state index contributed by atoms with van der Waals surface area (Å²) in [5.74, 6) is 0.161. The average molecular weight is 813 g/mol. The van der Waals surface area contributed by atoms with Crippen molar-refractivity contribution < 1.29 is 34.6 Å². The van der Waals surface area contributed by atoms with Crippen LogP contribution in [-0.2, 0) is 36.7 Å². The van der Waals surface area contributed by atoms with Gasteiger partial charge in [-0.15, -0.1) is 34.4 Å². The number of aliphatic hydroxyl groups is 1. The van der Waals surface area contributed by atoms with Gasteiger partial charge in [-0.1, -0.05) is 111 Å². The molecule has 5 heteroatoms. The number of ketones is 1. The van der Waals surface area contributed by atoms with Gasteiger partial charge in [-0.2, -0.15) is 12.5 Å². The molecule has 0 fully saturated rings. The van der Waals surface area contributed by atoms with Crippen LogP contribution in [0, 0.1) is 31.2 Å². The Labute approximate surface area is 294 Å². The number of benzene rings is 3. The largest absolute Gasteiger partial charge is 0.512 e. The van der Waals surface area contributed by atoms with Crippen molar-refractivity contribution in [2.45, 2.75) is 81.1 Å². The Bertz CT molecular complexity index is 1900. The summed E-state index contributed by atoms with van der Waals surface area (Å²) in [4.78, 5) is 11.0. The van der Waals surface area contributed by atoms with Gasteiger partial charge in [0, 0.05) is 54.5 Å². The second-order valence-electron chi connectivity index (χ2n) is 15.1. The maximum Gasteiger partial charge on any atom is 0.161 e. The fourth-order valence-corrected chi connectivity index (χ4v) is 6.95. The first-order valence-electron chi connectivity index (χ1n) is 15.9. The smallest absolute Gasteiger partial charge is 0.161 e. The first-order chi connectivity index (χ1) is 20.9. The third-order valence-electron chi connectivity index (χ3n) is 8.12. The van der Waals surface area contributed by atoms with Crippen LogP contribution in [0.2, 0.25) is 0 Å². The normalized spacial score (nSPS) is 12.5. The van der Waals surface area contributed by atoms with Gasteiger partial charge in [0.25, 0.3) is 0 Å². The number of hydrogen-bond acceptors (Lipinski definition) is 3. The van der Waals surface area contributed by atoms with Crippen molar-refractivity contribution in [2.75, 3.05) is 0 Å². The number of aromatic nitrogens is 1. The molecular weight excluding hydrogens is 763 g/mol. The van der Waals surface area contributed by atoms with E-state index in [4.69, 9.17) is 0 Å². The molecule has 247 valence electrons. The van der Waals surface area contributed by atoms with Crippen LogP contribution < -0.4 is 4.57 Å². The molecule has 0 amide bonds. The summed E-state index contributed by atoms with van der Waals surface area (Å²) in [6.07, 6.45) is 4.48. The number of rotatable bonds is 5. The van der Waals surface area contributed by atoms with Gasteiger partial charge in [0.05, 0.1) is 17.6 Å². The molecule has 0 saturated carbocycles. The van der Waals surface area contributed by atoms with Gasteiger partial charge in [-0.3, -0.25) is 4.79 Å². The number of aliphatic hydroxyl groups excluding tert-OH is 1. The van der Waals surface area contributed by atoms with E-state index in [1.807, 2.05) is 43.6 Å². The molecule has 1 N–H and O–H groups in total. The summed E-state index contributed by atoms with van der Waals surface area (Å²) in [5.41, 5.74) is 6.42. The Kier molecular flexibility index (Phi) is 11.6. The SMILES string of the molecule is CC(C)C(=O)/C=C(\O)C(C)C.[CH2-]c1c(-c2c3sc4cc(CC(C)(C)C)ccc4c3cc[n+]2[CH2-])cc(C(C)(C)C)c2ccccc12.[Ir]. The van der Waals surface area contributed by atoms with Crippen LogP contribution in [0.3, 0.4) is 0 Å². The molecule has 3 aromatic carbocycles. The van der Waals surface area contributed by atoms with E-state index in [0.29, 0.717) is 0 Å². The molecule has 5 aromatic rings. The minimum atomic E-state index is -0.0316. The molecule has 46 heavy (non-hydrogen) atoms. The molecule has 3 nitrogen and oxygen atoms in total. The molecule has 0 aliphatic carbocycles. The summed E-state index contributed by atoms with van der Waals surface area (Å²) in [6, 6.07) is 20.2. The number of carbonyl (C=O) groups excluding carboxylic acids is 1. The van der Waals surface area contributed by atoms with E-state index in [-0.39, 0.29) is 54.3 Å². The standard InChI is InChI=1S/C32H34NS.C9H16O2.Ir/c1-20-22-11-9-10-12-23(22)27(32(5,6)7)18-26(20)29-30-25(15-16-33(29)8)24-14-13-21(17-28(24)34-30)19-31(2,3)4;1-6(2)8(10)5-9(11)7(3)4;/h9-18H,1,8,19H2,2-7H3;5-7,10H,1-4H3;/q-1;;/b;8-5-;. The fraction of sp³-hybridized carbons (Fsp3) is 0.366. The molecule has 1 radical (unpaired) electrons. The molecule has 2 heterocycles. The van der Waals surface area contributed by atoms with Gasteiger partial charge in [-0.25, -0.2) is 0 Å². The van der Waals surface area contributed by atoms with Crippen LogP contribution in [0.25, 0.3) is 42.2 Å². The number of hydrogen-bond donors (Lipinski definition) is 1. The molecule has 0 aliphatic heterocycles. The van der Waals surface area contributed by atoms with Gasteiger partial charge < -0.3 is 9.67 Å². The zero-order valence-electron chi connectivity index (χ0n) is 29.2. The van der Waals surface area contributed by atoms with Gasteiger partial charge in [0.2, 0.25) is 0 Å². The monoisotopic (exact) mass is 813 g/mol. The number of thiophene rings is 1. The maximum atomic E-state index is 11.0. The number of pyridine rings is 1. The quantitative estimate of drug-likeness (QED) is 0.0831. The number of nitrogens with zero attached hydrogens (tertiary/aromatic N) is 1. The first-order valence-corrected chi connectivity index (χ1v) is 16.7. The van der Waals surface area contributed by atoms with Gasteiger partial charge in [0.1, 0.15) is 0 Å². The van der Waals surface area contributed by atoms with Crippen LogP contribution in [-0.4, -0.2) is 10.9 Å². The van der Waals surface area contributed by atoms with E-state index in [1.165, 1.54) is 53.7 Å². The number of allylic oxidation sites excluding steroid dienone is 2. The van der Waals surface area contributed by atoms with Crippen molar-refractivity contribution >= 4 is 48.1 Å². The Morgan fingerprint density at radius 2 is 1.52 bits per heavy atom. The van der Waals surface area contributed by atoms with E-state index in [0.717, 1.165) is 17.7 Å². The average Bonchev–Trinajstić information content (AvgIpc) is 3.30. The second kappa shape index (κ2) is 14.3. The van der Waals surface area contributed by atoms with E-state index in [2.05, 4.69) is 116 Å². The zero-order valence-corrected chi connectivity index (χ0v) is 32.4. The zero-order chi connectivity index (χ0) is 33.4. The molecule has 0 saturated heterocycles. The predicted molar refractivity (Wildman–Crippen MR) is 195 cm³/mol. The van der Waals surface area contributed by atoms with E-state index >= 15 is 0 Å². The molecule has 0 aliphatic rings. The van der Waals surface area contributed by atoms with Crippen molar-refractivity contribution in [3.05, 3.63) is 103 Å². The summed E-state index contributed by atoms with van der Waals surface area (Å²) in [6.45, 7) is 25.6. The molecule has 0 unspecified atom stereocenters. The Morgan fingerprint density at radius 3 is 2.09 bits per heavy atom. The first kappa shape index (κ1) is 37.3. The third kappa shape index (κ3) is 8.23. The number of carbonyl (C=O) groups is 1. The summed E-state index contributed by atoms with van der Waals surface area (Å²) in [5, 5.41) is 14.3. The van der Waals surface area contributed by atoms with Crippen LogP contribution in [0.4, 0.5) is 0 Å². The summed E-state index contributed by atoms with van der Waals surface area (Å²) in [7, 11) is 4.39. The molecule has 0 spiro atoms. The van der Waals surface area contributed by atoms with Crippen LogP contribution in [0.5, 0.6) is 0 Å². The summed E-state index contributed by atoms with van der Waals surface area (Å²) < 4.78 is 4.64. The topological polar surface area (TPSA) is 41.2 Å². The Balaban J connectivity index is 0.000000414. The Morgan fingerprint density at radius 1 is 0.891 bits per heavy atom. The van der Waals surface area contributed by atoms with Crippen molar-refractivity contribution in [2.24, 2.45) is 17.3 Å². The number of fused-ring (bicyclic) bond motifs is 4. The molecule has 0 atom stereocenters. The predicted octanol–water partition coefficient (Wildman–Crippen LogP) is 11.2. The van der Waals surface area contributed by atoms with Gasteiger partial charge >= 0.3 is 0 Å². The van der Waals surface area contributed by atoms with Gasteiger partial charge in [0.15, 0.2) is 5.78 Å². The molecule has 0 bridgehead atoms. The van der Waals surface area contributed by atoms with Crippen LogP contribution >= 0.6 is 11.3 Å². The van der Waals surface area contributed by atoms with E-state index in [9.17, 15) is 9.90 Å². The fourth-order valence-electron chi connectivity index (χ4n) is 5.62. The Hall–Kier alpha value is -3.11. The molecule has 2 aromatic heterocycles. The second-order valence-corrected chi connectivity index (χ2v) is 16.1. The van der Waals surface area contributed by atoms with E-state index in [1.54, 1.807) is 0 Å². The minimum Gasteiger partial charge on any atom is -0.512 e.